The van der Waals surface area contributed by atoms with Gasteiger partial charge in [0.05, 0.1) is 11.7 Å². The van der Waals surface area contributed by atoms with Crippen LogP contribution in [0.4, 0.5) is 10.1 Å². The van der Waals surface area contributed by atoms with Gasteiger partial charge in [0.1, 0.15) is 5.82 Å². The first-order chi connectivity index (χ1) is 7.71. The van der Waals surface area contributed by atoms with Crippen molar-refractivity contribution in [2.24, 2.45) is 11.1 Å². The summed E-state index contributed by atoms with van der Waals surface area (Å²) in [5.41, 5.74) is 5.85. The lowest BCUT2D eigenvalue weighted by atomic mass is 9.87. The highest BCUT2D eigenvalue weighted by atomic mass is 79.9. The molecule has 1 rings (SSSR count). The Hall–Kier alpha value is -0.940. The number of carbonyl (C=O) groups excluding carboxylic acids is 1. The number of benzene rings is 1. The lowest BCUT2D eigenvalue weighted by molar-refractivity contribution is -0.119. The Labute approximate surface area is 109 Å². The predicted molar refractivity (Wildman–Crippen MR) is 70.2 cm³/mol. The van der Waals surface area contributed by atoms with Crippen LogP contribution in [0.1, 0.15) is 20.8 Å². The van der Waals surface area contributed by atoms with Gasteiger partial charge in [-0.15, -0.1) is 0 Å². The zero-order valence-corrected chi connectivity index (χ0v) is 11.6. The molecule has 1 aromatic rings. The van der Waals surface area contributed by atoms with E-state index in [2.05, 4.69) is 21.2 Å². The highest BCUT2D eigenvalue weighted by Crippen LogP contribution is 2.24. The second-order valence-electron chi connectivity index (χ2n) is 4.96. The molecule has 94 valence electrons. The summed E-state index contributed by atoms with van der Waals surface area (Å²) >= 11 is 3.24. The van der Waals surface area contributed by atoms with Crippen molar-refractivity contribution in [3.05, 3.63) is 28.5 Å². The number of hydrogen-bond donors (Lipinski definition) is 2. The lowest BCUT2D eigenvalue weighted by Gasteiger charge is -2.26. The Morgan fingerprint density at radius 3 is 2.59 bits per heavy atom. The average molecular weight is 303 g/mol. The molecule has 0 spiro atoms. The third kappa shape index (κ3) is 3.78. The van der Waals surface area contributed by atoms with E-state index in [1.165, 1.54) is 18.2 Å². The summed E-state index contributed by atoms with van der Waals surface area (Å²) in [6, 6.07) is 3.44. The van der Waals surface area contributed by atoms with Gasteiger partial charge in [0, 0.05) is 4.47 Å². The van der Waals surface area contributed by atoms with Crippen LogP contribution in [0.25, 0.3) is 0 Å². The summed E-state index contributed by atoms with van der Waals surface area (Å²) in [4.78, 5) is 11.8. The minimum Gasteiger partial charge on any atom is -0.324 e. The van der Waals surface area contributed by atoms with Gasteiger partial charge in [-0.3, -0.25) is 4.79 Å². The van der Waals surface area contributed by atoms with Gasteiger partial charge in [0.2, 0.25) is 5.91 Å². The first-order valence-electron chi connectivity index (χ1n) is 5.23. The summed E-state index contributed by atoms with van der Waals surface area (Å²) in [6.07, 6.45) is 0. The number of carbonyl (C=O) groups is 1. The molecule has 1 aromatic carbocycles. The number of nitrogens with two attached hydrogens (primary N) is 1. The maximum atomic E-state index is 13.0. The van der Waals surface area contributed by atoms with Crippen molar-refractivity contribution in [1.82, 2.24) is 0 Å². The topological polar surface area (TPSA) is 55.1 Å². The van der Waals surface area contributed by atoms with Gasteiger partial charge in [-0.2, -0.15) is 0 Å². The molecule has 17 heavy (non-hydrogen) atoms. The largest absolute Gasteiger partial charge is 0.324 e. The smallest absolute Gasteiger partial charge is 0.241 e. The van der Waals surface area contributed by atoms with E-state index in [1.807, 2.05) is 20.8 Å². The van der Waals surface area contributed by atoms with Gasteiger partial charge in [-0.25, -0.2) is 4.39 Å². The van der Waals surface area contributed by atoms with Gasteiger partial charge >= 0.3 is 0 Å². The van der Waals surface area contributed by atoms with Crippen LogP contribution in [0.3, 0.4) is 0 Å². The molecule has 0 radical (unpaired) electrons. The Morgan fingerprint density at radius 1 is 1.47 bits per heavy atom. The SMILES string of the molecule is CC(C)(C)[C@H](N)C(=O)Nc1cc(F)ccc1Br. The van der Waals surface area contributed by atoms with Gasteiger partial charge in [0.15, 0.2) is 0 Å². The molecule has 0 heterocycles. The van der Waals surface area contributed by atoms with Gasteiger partial charge in [0.25, 0.3) is 0 Å². The number of halogens is 2. The van der Waals surface area contributed by atoms with Crippen molar-refractivity contribution in [3.63, 3.8) is 0 Å². The molecule has 0 aliphatic heterocycles. The zero-order valence-electron chi connectivity index (χ0n) is 10.1. The van der Waals surface area contributed by atoms with Crippen LogP contribution in [-0.4, -0.2) is 11.9 Å². The third-order valence-corrected chi connectivity index (χ3v) is 3.09. The van der Waals surface area contributed by atoms with Crippen LogP contribution in [0, 0.1) is 11.2 Å². The van der Waals surface area contributed by atoms with Crippen LogP contribution in [0.2, 0.25) is 0 Å². The maximum absolute atomic E-state index is 13.0. The van der Waals surface area contributed by atoms with Gasteiger partial charge in [-0.1, -0.05) is 20.8 Å². The van der Waals surface area contributed by atoms with E-state index in [0.29, 0.717) is 10.2 Å². The molecule has 3 nitrogen and oxygen atoms in total. The van der Waals surface area contributed by atoms with Crippen molar-refractivity contribution in [2.45, 2.75) is 26.8 Å². The Balaban J connectivity index is 2.85. The maximum Gasteiger partial charge on any atom is 0.241 e. The molecule has 0 aromatic heterocycles. The average Bonchev–Trinajstić information content (AvgIpc) is 2.21. The molecule has 0 unspecified atom stereocenters. The Bertz CT molecular complexity index is 429. The van der Waals surface area contributed by atoms with Crippen molar-refractivity contribution in [1.29, 1.82) is 0 Å². The van der Waals surface area contributed by atoms with E-state index in [-0.39, 0.29) is 11.3 Å². The molecular formula is C12H16BrFN2O. The van der Waals surface area contributed by atoms with Crippen LogP contribution in [-0.2, 0) is 4.79 Å². The quantitative estimate of drug-likeness (QED) is 0.882. The first-order valence-corrected chi connectivity index (χ1v) is 6.02. The van der Waals surface area contributed by atoms with Gasteiger partial charge in [-0.05, 0) is 39.5 Å². The minimum atomic E-state index is -0.655. The monoisotopic (exact) mass is 302 g/mol. The van der Waals surface area contributed by atoms with Crippen molar-refractivity contribution >= 4 is 27.5 Å². The standard InChI is InChI=1S/C12H16BrFN2O/c1-12(2,3)10(15)11(17)16-9-6-7(14)4-5-8(9)13/h4-6,10H,15H2,1-3H3,(H,16,17)/t10-/m1/s1. The first kappa shape index (κ1) is 14.1. The zero-order chi connectivity index (χ0) is 13.2. The van der Waals surface area contributed by atoms with Crippen LogP contribution in [0.15, 0.2) is 22.7 Å². The summed E-state index contributed by atoms with van der Waals surface area (Å²) < 4.78 is 13.6. The summed E-state index contributed by atoms with van der Waals surface area (Å²) in [6.45, 7) is 5.62. The number of nitrogens with one attached hydrogen (secondary N) is 1. The fourth-order valence-electron chi connectivity index (χ4n) is 1.20. The Kier molecular flexibility index (Phi) is 4.27. The molecule has 0 saturated carbocycles. The third-order valence-electron chi connectivity index (χ3n) is 2.40. The fourth-order valence-corrected chi connectivity index (χ4v) is 1.54. The van der Waals surface area contributed by atoms with Crippen LogP contribution >= 0.6 is 15.9 Å². The molecule has 1 atom stereocenters. The molecule has 0 bridgehead atoms. The van der Waals surface area contributed by atoms with Crippen LogP contribution in [0.5, 0.6) is 0 Å². The van der Waals surface area contributed by atoms with E-state index in [1.54, 1.807) is 0 Å². The summed E-state index contributed by atoms with van der Waals surface area (Å²) in [5.74, 6) is -0.739. The number of anilines is 1. The molecule has 0 aliphatic carbocycles. The van der Waals surface area contributed by atoms with E-state index < -0.39 is 11.9 Å². The number of amides is 1. The lowest BCUT2D eigenvalue weighted by Crippen LogP contribution is -2.45. The molecular weight excluding hydrogens is 287 g/mol. The summed E-state index contributed by atoms with van der Waals surface area (Å²) in [5, 5.41) is 2.61. The van der Waals surface area contributed by atoms with E-state index >= 15 is 0 Å². The van der Waals surface area contributed by atoms with Crippen molar-refractivity contribution in [3.8, 4) is 0 Å². The van der Waals surface area contributed by atoms with Crippen LogP contribution < -0.4 is 11.1 Å². The van der Waals surface area contributed by atoms with Crippen molar-refractivity contribution in [2.75, 3.05) is 5.32 Å². The van der Waals surface area contributed by atoms with E-state index in [4.69, 9.17) is 5.73 Å². The number of rotatable bonds is 2. The minimum absolute atomic E-state index is 0.330. The Morgan fingerprint density at radius 2 is 2.06 bits per heavy atom. The molecule has 5 heteroatoms. The molecule has 0 aliphatic rings. The van der Waals surface area contributed by atoms with Gasteiger partial charge < -0.3 is 11.1 Å². The molecule has 3 N–H and O–H groups in total. The highest BCUT2D eigenvalue weighted by Gasteiger charge is 2.27. The molecule has 1 amide bonds. The second-order valence-corrected chi connectivity index (χ2v) is 5.81. The normalized spacial score (nSPS) is 13.3. The predicted octanol–water partition coefficient (Wildman–Crippen LogP) is 2.90. The fraction of sp³-hybridized carbons (Fsp3) is 0.417. The molecule has 0 fully saturated rings. The van der Waals surface area contributed by atoms with Crippen molar-refractivity contribution < 1.29 is 9.18 Å². The number of hydrogen-bond acceptors (Lipinski definition) is 2. The highest BCUT2D eigenvalue weighted by molar-refractivity contribution is 9.10. The summed E-state index contributed by atoms with van der Waals surface area (Å²) in [7, 11) is 0. The second kappa shape index (κ2) is 5.14. The molecule has 0 saturated heterocycles. The van der Waals surface area contributed by atoms with E-state index in [0.717, 1.165) is 0 Å². The van der Waals surface area contributed by atoms with E-state index in [9.17, 15) is 9.18 Å².